The van der Waals surface area contributed by atoms with Crippen LogP contribution in [-0.2, 0) is 6.54 Å². The molecule has 1 aromatic heterocycles. The van der Waals surface area contributed by atoms with E-state index in [4.69, 9.17) is 0 Å². The molecule has 1 heterocycles. The molecule has 0 saturated heterocycles. The third-order valence-corrected chi connectivity index (χ3v) is 7.60. The molecule has 1 saturated carbocycles. The maximum Gasteiger partial charge on any atom is 0.251 e. The van der Waals surface area contributed by atoms with Gasteiger partial charge in [0.15, 0.2) is 0 Å². The Bertz CT molecular complexity index is 1270. The Morgan fingerprint density at radius 2 is 1.55 bits per heavy atom. The Kier molecular flexibility index (Phi) is 5.57. The van der Waals surface area contributed by atoms with Gasteiger partial charge in [0.25, 0.3) is 5.91 Å². The van der Waals surface area contributed by atoms with Crippen LogP contribution in [0.1, 0.15) is 53.4 Å². The minimum Gasteiger partial charge on any atom is -0.352 e. The van der Waals surface area contributed by atoms with Crippen LogP contribution in [0, 0.1) is 18.3 Å². The maximum absolute atomic E-state index is 12.5. The number of amides is 1. The van der Waals surface area contributed by atoms with Gasteiger partial charge in [0.05, 0.1) is 0 Å². The molecule has 1 amide bonds. The van der Waals surface area contributed by atoms with Gasteiger partial charge < -0.3 is 9.88 Å². The fourth-order valence-electron chi connectivity index (χ4n) is 5.71. The standard InChI is InChI=1S/C30H32N2O/c1-21-27(24-16-10-11-17-26(24)32(21)20-22-12-6-4-7-13-22)28-25(30(28,2)3)18-19-31-29(33)23-14-8-5-9-15-23/h4-17,25,28H,18-20H2,1-3H3,(H,31,33)/t25-,28-/m1/s1. The highest BCUT2D eigenvalue weighted by Gasteiger charge is 2.58. The van der Waals surface area contributed by atoms with Gasteiger partial charge in [-0.1, -0.05) is 80.6 Å². The van der Waals surface area contributed by atoms with Crippen LogP contribution >= 0.6 is 0 Å². The van der Waals surface area contributed by atoms with Crippen LogP contribution in [0.2, 0.25) is 0 Å². The van der Waals surface area contributed by atoms with Crippen molar-refractivity contribution in [3.05, 3.63) is 107 Å². The number of carbonyl (C=O) groups is 1. The van der Waals surface area contributed by atoms with Gasteiger partial charge in [-0.2, -0.15) is 0 Å². The number of nitrogens with one attached hydrogen (secondary N) is 1. The van der Waals surface area contributed by atoms with Crippen molar-refractivity contribution in [2.24, 2.45) is 11.3 Å². The van der Waals surface area contributed by atoms with Gasteiger partial charge in [-0.25, -0.2) is 0 Å². The van der Waals surface area contributed by atoms with E-state index in [9.17, 15) is 4.79 Å². The second-order valence-electron chi connectivity index (χ2n) is 9.90. The molecule has 0 radical (unpaired) electrons. The molecule has 2 atom stereocenters. The highest BCUT2D eigenvalue weighted by atomic mass is 16.1. The summed E-state index contributed by atoms with van der Waals surface area (Å²) in [6.07, 6.45) is 0.994. The molecule has 5 rings (SSSR count). The highest BCUT2D eigenvalue weighted by molar-refractivity contribution is 5.94. The third-order valence-electron chi connectivity index (χ3n) is 7.60. The van der Waals surface area contributed by atoms with Gasteiger partial charge in [0, 0.05) is 35.2 Å². The van der Waals surface area contributed by atoms with Crippen molar-refractivity contribution >= 4 is 16.8 Å². The SMILES string of the molecule is Cc1c([C@H]2[C@@H](CCNC(=O)c3ccccc3)C2(C)C)c2ccccc2n1Cc1ccccc1. The molecule has 1 fully saturated rings. The van der Waals surface area contributed by atoms with Crippen molar-refractivity contribution in [1.82, 2.24) is 9.88 Å². The zero-order valence-electron chi connectivity index (χ0n) is 19.7. The molecule has 0 spiro atoms. The van der Waals surface area contributed by atoms with E-state index < -0.39 is 0 Å². The normalized spacial score (nSPS) is 18.9. The van der Waals surface area contributed by atoms with Crippen LogP contribution in [0.15, 0.2) is 84.9 Å². The molecule has 3 nitrogen and oxygen atoms in total. The first-order chi connectivity index (χ1) is 16.0. The fraction of sp³-hybridized carbons (Fsp3) is 0.300. The first kappa shape index (κ1) is 21.5. The van der Waals surface area contributed by atoms with Crippen molar-refractivity contribution in [2.45, 2.75) is 39.7 Å². The Balaban J connectivity index is 1.37. The lowest BCUT2D eigenvalue weighted by molar-refractivity contribution is 0.0952. The van der Waals surface area contributed by atoms with E-state index in [0.29, 0.717) is 18.4 Å². The largest absolute Gasteiger partial charge is 0.352 e. The van der Waals surface area contributed by atoms with Crippen LogP contribution in [0.25, 0.3) is 10.9 Å². The van der Waals surface area contributed by atoms with E-state index >= 15 is 0 Å². The second kappa shape index (κ2) is 8.55. The van der Waals surface area contributed by atoms with Gasteiger partial charge in [-0.05, 0) is 59.9 Å². The molecule has 3 aromatic carbocycles. The first-order valence-corrected chi connectivity index (χ1v) is 11.9. The van der Waals surface area contributed by atoms with Crippen LogP contribution < -0.4 is 5.32 Å². The zero-order valence-corrected chi connectivity index (χ0v) is 19.7. The van der Waals surface area contributed by atoms with Crippen molar-refractivity contribution < 1.29 is 4.79 Å². The monoisotopic (exact) mass is 436 g/mol. The number of hydrogen-bond acceptors (Lipinski definition) is 1. The molecule has 1 aliphatic carbocycles. The highest BCUT2D eigenvalue weighted by Crippen LogP contribution is 2.67. The lowest BCUT2D eigenvalue weighted by atomic mass is 10.0. The average Bonchev–Trinajstić information content (AvgIpc) is 3.26. The summed E-state index contributed by atoms with van der Waals surface area (Å²) in [6.45, 7) is 8.63. The Hall–Kier alpha value is -3.33. The third kappa shape index (κ3) is 3.97. The van der Waals surface area contributed by atoms with Crippen molar-refractivity contribution in [3.8, 4) is 0 Å². The molecule has 33 heavy (non-hydrogen) atoms. The minimum absolute atomic E-state index is 0.0150. The number of fused-ring (bicyclic) bond motifs is 1. The molecule has 1 aliphatic rings. The van der Waals surface area contributed by atoms with E-state index in [1.807, 2.05) is 30.3 Å². The number of hydrogen-bond donors (Lipinski definition) is 1. The topological polar surface area (TPSA) is 34.0 Å². The summed E-state index contributed by atoms with van der Waals surface area (Å²) >= 11 is 0. The fourth-order valence-corrected chi connectivity index (χ4v) is 5.71. The zero-order chi connectivity index (χ0) is 23.0. The van der Waals surface area contributed by atoms with E-state index in [-0.39, 0.29) is 11.3 Å². The number of benzene rings is 3. The summed E-state index contributed by atoms with van der Waals surface area (Å²) in [4.78, 5) is 12.5. The van der Waals surface area contributed by atoms with Crippen molar-refractivity contribution in [3.63, 3.8) is 0 Å². The maximum atomic E-state index is 12.5. The van der Waals surface area contributed by atoms with E-state index in [2.05, 4.69) is 85.3 Å². The number of carbonyl (C=O) groups excluding carboxylic acids is 1. The van der Waals surface area contributed by atoms with Crippen LogP contribution in [0.4, 0.5) is 0 Å². The van der Waals surface area contributed by atoms with Gasteiger partial charge in [0.2, 0.25) is 0 Å². The van der Waals surface area contributed by atoms with Gasteiger partial charge in [-0.3, -0.25) is 4.79 Å². The lowest BCUT2D eigenvalue weighted by Gasteiger charge is -2.10. The molecule has 4 aromatic rings. The number of nitrogens with zero attached hydrogens (tertiary/aromatic N) is 1. The smallest absolute Gasteiger partial charge is 0.251 e. The average molecular weight is 437 g/mol. The predicted molar refractivity (Wildman–Crippen MR) is 136 cm³/mol. The second-order valence-corrected chi connectivity index (χ2v) is 9.90. The van der Waals surface area contributed by atoms with Crippen LogP contribution in [0.5, 0.6) is 0 Å². The Morgan fingerprint density at radius 3 is 2.27 bits per heavy atom. The summed E-state index contributed by atoms with van der Waals surface area (Å²) in [5.41, 5.74) is 6.45. The number of rotatable bonds is 7. The summed E-state index contributed by atoms with van der Waals surface area (Å²) in [7, 11) is 0. The van der Waals surface area contributed by atoms with Crippen LogP contribution in [0.3, 0.4) is 0 Å². The summed E-state index contributed by atoms with van der Waals surface area (Å²) in [6, 6.07) is 29.0. The molecule has 1 N–H and O–H groups in total. The minimum atomic E-state index is 0.0150. The first-order valence-electron chi connectivity index (χ1n) is 11.9. The summed E-state index contributed by atoms with van der Waals surface area (Å²) in [5, 5.41) is 4.50. The number of aromatic nitrogens is 1. The Labute approximate surface area is 196 Å². The van der Waals surface area contributed by atoms with E-state index in [0.717, 1.165) is 18.5 Å². The van der Waals surface area contributed by atoms with Crippen LogP contribution in [-0.4, -0.2) is 17.0 Å². The van der Waals surface area contributed by atoms with Gasteiger partial charge in [-0.15, -0.1) is 0 Å². The molecule has 0 unspecified atom stereocenters. The summed E-state index contributed by atoms with van der Waals surface area (Å²) in [5.74, 6) is 1.08. The van der Waals surface area contributed by atoms with Gasteiger partial charge >= 0.3 is 0 Å². The van der Waals surface area contributed by atoms with E-state index in [1.165, 1.54) is 27.7 Å². The number of para-hydroxylation sites is 1. The molecule has 168 valence electrons. The van der Waals surface area contributed by atoms with E-state index in [1.54, 1.807) is 0 Å². The molecular weight excluding hydrogens is 404 g/mol. The quantitative estimate of drug-likeness (QED) is 0.350. The molecule has 0 aliphatic heterocycles. The molecule has 3 heteroatoms. The van der Waals surface area contributed by atoms with Crippen molar-refractivity contribution in [1.29, 1.82) is 0 Å². The van der Waals surface area contributed by atoms with Crippen molar-refractivity contribution in [2.75, 3.05) is 6.54 Å². The molecule has 0 bridgehead atoms. The predicted octanol–water partition coefficient (Wildman–Crippen LogP) is 6.56. The summed E-state index contributed by atoms with van der Waals surface area (Å²) < 4.78 is 2.47. The molecular formula is C30H32N2O. The lowest BCUT2D eigenvalue weighted by Crippen LogP contribution is -2.24. The van der Waals surface area contributed by atoms with Gasteiger partial charge in [0.1, 0.15) is 0 Å². The Morgan fingerprint density at radius 1 is 0.909 bits per heavy atom.